The van der Waals surface area contributed by atoms with Crippen LogP contribution in [0.5, 0.6) is 0 Å². The minimum Gasteiger partial charge on any atom is -0.354 e. The summed E-state index contributed by atoms with van der Waals surface area (Å²) in [6.45, 7) is 9.49. The molecule has 1 fully saturated rings. The van der Waals surface area contributed by atoms with Crippen LogP contribution in [-0.4, -0.2) is 48.5 Å². The second-order valence-electron chi connectivity index (χ2n) is 6.54. The maximum Gasteiger partial charge on any atom is 0.228 e. The second kappa shape index (κ2) is 8.12. The van der Waals surface area contributed by atoms with E-state index in [1.807, 2.05) is 43.3 Å². The Labute approximate surface area is 149 Å². The minimum absolute atomic E-state index is 0.0169. The van der Waals surface area contributed by atoms with Crippen LogP contribution in [0.15, 0.2) is 42.6 Å². The van der Waals surface area contributed by atoms with Gasteiger partial charge in [0.05, 0.1) is 18.3 Å². The second-order valence-corrected chi connectivity index (χ2v) is 6.54. The molecule has 1 aliphatic heterocycles. The molecule has 0 bridgehead atoms. The number of carbonyl (C=O) groups excluding carboxylic acids is 1. The number of piperazine rings is 1. The first-order valence-electron chi connectivity index (χ1n) is 8.93. The van der Waals surface area contributed by atoms with Crippen molar-refractivity contribution in [2.24, 2.45) is 0 Å². The van der Waals surface area contributed by atoms with Gasteiger partial charge in [-0.15, -0.1) is 0 Å². The van der Waals surface area contributed by atoms with E-state index in [4.69, 9.17) is 0 Å². The van der Waals surface area contributed by atoms with Crippen molar-refractivity contribution >= 4 is 17.4 Å². The highest BCUT2D eigenvalue weighted by molar-refractivity contribution is 5.92. The predicted molar refractivity (Wildman–Crippen MR) is 102 cm³/mol. The normalized spacial score (nSPS) is 15.2. The van der Waals surface area contributed by atoms with Gasteiger partial charge in [0.15, 0.2) is 0 Å². The van der Waals surface area contributed by atoms with E-state index >= 15 is 0 Å². The van der Waals surface area contributed by atoms with E-state index in [1.54, 1.807) is 6.20 Å². The Hall–Kier alpha value is -2.40. The smallest absolute Gasteiger partial charge is 0.228 e. The topological polar surface area (TPSA) is 48.5 Å². The molecule has 0 saturated carbocycles. The van der Waals surface area contributed by atoms with Crippen molar-refractivity contribution in [3.8, 4) is 0 Å². The lowest BCUT2D eigenvalue weighted by atomic mass is 10.1. The average molecular weight is 338 g/mol. The number of nitrogens with zero attached hydrogens (tertiary/aromatic N) is 3. The monoisotopic (exact) mass is 338 g/mol. The van der Waals surface area contributed by atoms with Gasteiger partial charge in [0, 0.05) is 26.2 Å². The van der Waals surface area contributed by atoms with Gasteiger partial charge in [0.25, 0.3) is 0 Å². The van der Waals surface area contributed by atoms with Gasteiger partial charge >= 0.3 is 0 Å². The number of hydrogen-bond donors (Lipinski definition) is 1. The van der Waals surface area contributed by atoms with Gasteiger partial charge < -0.3 is 15.1 Å². The van der Waals surface area contributed by atoms with Gasteiger partial charge in [-0.3, -0.25) is 4.79 Å². The highest BCUT2D eigenvalue weighted by Crippen LogP contribution is 2.16. The fourth-order valence-electron chi connectivity index (χ4n) is 3.15. The molecule has 25 heavy (non-hydrogen) atoms. The van der Waals surface area contributed by atoms with Gasteiger partial charge in [0.1, 0.15) is 5.82 Å². The molecule has 1 saturated heterocycles. The number of likely N-dealkylation sites (N-methyl/N-ethyl adjacent to an activating group) is 1. The quantitative estimate of drug-likeness (QED) is 0.911. The van der Waals surface area contributed by atoms with Crippen LogP contribution in [0.25, 0.3) is 0 Å². The fourth-order valence-corrected chi connectivity index (χ4v) is 3.15. The number of anilines is 2. The zero-order valence-electron chi connectivity index (χ0n) is 15.0. The summed E-state index contributed by atoms with van der Waals surface area (Å²) in [5.41, 5.74) is 2.93. The lowest BCUT2D eigenvalue weighted by Crippen LogP contribution is -2.46. The van der Waals surface area contributed by atoms with E-state index in [1.165, 1.54) is 5.56 Å². The summed E-state index contributed by atoms with van der Waals surface area (Å²) >= 11 is 0. The molecule has 1 aliphatic rings. The first kappa shape index (κ1) is 17.4. The minimum atomic E-state index is -0.0169. The van der Waals surface area contributed by atoms with Crippen molar-refractivity contribution in [3.05, 3.63) is 53.7 Å². The molecule has 2 aromatic rings. The summed E-state index contributed by atoms with van der Waals surface area (Å²) < 4.78 is 0. The molecule has 1 aromatic carbocycles. The van der Waals surface area contributed by atoms with Gasteiger partial charge in [0.2, 0.25) is 5.91 Å². The predicted octanol–water partition coefficient (Wildman–Crippen LogP) is 2.71. The standard InChI is InChI=1S/C20H26N4O/c1-3-23-9-11-24(12-10-23)19-8-7-18(15-21-19)22-20(25)14-17-6-4-5-16(2)13-17/h4-8,13,15H,3,9-12,14H2,1-2H3,(H,22,25). The number of hydrogen-bond acceptors (Lipinski definition) is 4. The number of aromatic nitrogens is 1. The Morgan fingerprint density at radius 3 is 2.60 bits per heavy atom. The third-order valence-electron chi connectivity index (χ3n) is 4.62. The Balaban J connectivity index is 1.54. The summed E-state index contributed by atoms with van der Waals surface area (Å²) in [6.07, 6.45) is 2.12. The Bertz CT molecular complexity index is 706. The summed E-state index contributed by atoms with van der Waals surface area (Å²) in [4.78, 5) is 21.5. The van der Waals surface area contributed by atoms with Crippen LogP contribution in [0, 0.1) is 6.92 Å². The van der Waals surface area contributed by atoms with Crippen LogP contribution in [0.3, 0.4) is 0 Å². The molecule has 1 aromatic heterocycles. The first-order chi connectivity index (χ1) is 12.1. The molecule has 132 valence electrons. The number of amides is 1. The molecule has 0 spiro atoms. The van der Waals surface area contributed by atoms with E-state index in [2.05, 4.69) is 27.0 Å². The summed E-state index contributed by atoms with van der Waals surface area (Å²) in [7, 11) is 0. The number of pyridine rings is 1. The van der Waals surface area contributed by atoms with Gasteiger partial charge in [-0.2, -0.15) is 0 Å². The zero-order valence-corrected chi connectivity index (χ0v) is 15.0. The molecule has 5 heteroatoms. The average Bonchev–Trinajstić information content (AvgIpc) is 2.62. The number of rotatable bonds is 5. The van der Waals surface area contributed by atoms with Crippen LogP contribution in [0.2, 0.25) is 0 Å². The zero-order chi connectivity index (χ0) is 17.6. The van der Waals surface area contributed by atoms with Crippen molar-refractivity contribution in [2.75, 3.05) is 42.9 Å². The maximum atomic E-state index is 12.2. The third kappa shape index (κ3) is 4.79. The molecule has 2 heterocycles. The van der Waals surface area contributed by atoms with Crippen molar-refractivity contribution in [1.29, 1.82) is 0 Å². The molecule has 0 aliphatic carbocycles. The van der Waals surface area contributed by atoms with Crippen LogP contribution in [0.1, 0.15) is 18.1 Å². The van der Waals surface area contributed by atoms with Crippen molar-refractivity contribution in [3.63, 3.8) is 0 Å². The summed E-state index contributed by atoms with van der Waals surface area (Å²) in [5, 5.41) is 2.93. The Morgan fingerprint density at radius 2 is 1.96 bits per heavy atom. The lowest BCUT2D eigenvalue weighted by molar-refractivity contribution is -0.115. The molecule has 0 unspecified atom stereocenters. The molecule has 5 nitrogen and oxygen atoms in total. The molecular weight excluding hydrogens is 312 g/mol. The number of nitrogens with one attached hydrogen (secondary N) is 1. The number of benzene rings is 1. The van der Waals surface area contributed by atoms with E-state index in [-0.39, 0.29) is 5.91 Å². The van der Waals surface area contributed by atoms with E-state index in [0.717, 1.165) is 49.8 Å². The summed E-state index contributed by atoms with van der Waals surface area (Å²) in [5.74, 6) is 0.962. The van der Waals surface area contributed by atoms with E-state index in [9.17, 15) is 4.79 Å². The van der Waals surface area contributed by atoms with E-state index < -0.39 is 0 Å². The van der Waals surface area contributed by atoms with E-state index in [0.29, 0.717) is 6.42 Å². The van der Waals surface area contributed by atoms with Crippen LogP contribution in [-0.2, 0) is 11.2 Å². The molecular formula is C20H26N4O. The highest BCUT2D eigenvalue weighted by Gasteiger charge is 2.16. The molecule has 1 N–H and O–H groups in total. The highest BCUT2D eigenvalue weighted by atomic mass is 16.1. The van der Waals surface area contributed by atoms with Crippen molar-refractivity contribution in [2.45, 2.75) is 20.3 Å². The number of carbonyl (C=O) groups is 1. The Morgan fingerprint density at radius 1 is 1.16 bits per heavy atom. The van der Waals surface area contributed by atoms with Crippen LogP contribution in [0.4, 0.5) is 11.5 Å². The van der Waals surface area contributed by atoms with Crippen molar-refractivity contribution < 1.29 is 4.79 Å². The lowest BCUT2D eigenvalue weighted by Gasteiger charge is -2.34. The molecule has 3 rings (SSSR count). The van der Waals surface area contributed by atoms with Crippen LogP contribution >= 0.6 is 0 Å². The maximum absolute atomic E-state index is 12.2. The fraction of sp³-hybridized carbons (Fsp3) is 0.400. The molecule has 0 atom stereocenters. The summed E-state index contributed by atoms with van der Waals surface area (Å²) in [6, 6.07) is 11.9. The van der Waals surface area contributed by atoms with Gasteiger partial charge in [-0.25, -0.2) is 4.98 Å². The van der Waals surface area contributed by atoms with Crippen molar-refractivity contribution in [1.82, 2.24) is 9.88 Å². The third-order valence-corrected chi connectivity index (χ3v) is 4.62. The van der Waals surface area contributed by atoms with Gasteiger partial charge in [-0.1, -0.05) is 36.8 Å². The first-order valence-corrected chi connectivity index (χ1v) is 8.93. The Kier molecular flexibility index (Phi) is 5.66. The molecule has 0 radical (unpaired) electrons. The number of aryl methyl sites for hydroxylation is 1. The largest absolute Gasteiger partial charge is 0.354 e. The van der Waals surface area contributed by atoms with Crippen LogP contribution < -0.4 is 10.2 Å². The molecule has 1 amide bonds. The SMILES string of the molecule is CCN1CCN(c2ccc(NC(=O)Cc3cccc(C)c3)cn2)CC1. The van der Waals surface area contributed by atoms with Gasteiger partial charge in [-0.05, 0) is 31.2 Å².